The average Bonchev–Trinajstić information content (AvgIpc) is 3.70. The molecule has 0 aromatic heterocycles. The third-order valence-electron chi connectivity index (χ3n) is 11.9. The van der Waals surface area contributed by atoms with E-state index in [9.17, 15) is 39.0 Å². The second-order valence-electron chi connectivity index (χ2n) is 17.4. The molecule has 5 aliphatic heterocycles. The van der Waals surface area contributed by atoms with Gasteiger partial charge in [-0.05, 0) is 49.9 Å². The molecule has 9 rings (SSSR count). The van der Waals surface area contributed by atoms with E-state index >= 15 is 0 Å². The van der Waals surface area contributed by atoms with Crippen molar-refractivity contribution < 1.29 is 39.0 Å². The van der Waals surface area contributed by atoms with Crippen LogP contribution in [0.15, 0.2) is 121 Å². The van der Waals surface area contributed by atoms with E-state index in [1.54, 1.807) is 0 Å². The van der Waals surface area contributed by atoms with Gasteiger partial charge in [0.05, 0.1) is 12.8 Å². The molecule has 5 fully saturated rings. The molecule has 0 radical (unpaired) electrons. The minimum Gasteiger partial charge on any atom is -0.480 e. The Morgan fingerprint density at radius 2 is 0.875 bits per heavy atom. The number of nitrogens with zero attached hydrogens (tertiary/aromatic N) is 2. The number of benzene rings is 4. The van der Waals surface area contributed by atoms with Crippen LogP contribution in [0.3, 0.4) is 0 Å². The first-order chi connectivity index (χ1) is 30.6. The van der Waals surface area contributed by atoms with E-state index in [0.717, 1.165) is 24.2 Å². The van der Waals surface area contributed by atoms with Crippen molar-refractivity contribution in [3.05, 3.63) is 144 Å². The number of carbonyl (C=O) groups is 6. The van der Waals surface area contributed by atoms with Crippen LogP contribution >= 0.6 is 23.5 Å². The summed E-state index contributed by atoms with van der Waals surface area (Å²) in [5.74, 6) is -3.11. The van der Waals surface area contributed by atoms with E-state index in [1.165, 1.54) is 44.5 Å². The van der Waals surface area contributed by atoms with Crippen LogP contribution in [-0.2, 0) is 41.6 Å². The zero-order chi connectivity index (χ0) is 45.8. The molecule has 4 aromatic carbocycles. The summed E-state index contributed by atoms with van der Waals surface area (Å²) in [6.45, 7) is 9.19. The smallest absolute Gasteiger partial charge is 0.327 e. The molecule has 0 aliphatic carbocycles. The van der Waals surface area contributed by atoms with E-state index < -0.39 is 45.6 Å². The van der Waals surface area contributed by atoms with Gasteiger partial charge in [-0.3, -0.25) is 19.2 Å². The van der Waals surface area contributed by atoms with Crippen molar-refractivity contribution in [1.29, 1.82) is 0 Å². The normalized spacial score (nSPS) is 26.8. The second-order valence-corrected chi connectivity index (χ2v) is 20.9. The number of piperazine rings is 1. The number of hydrogen-bond donors (Lipinski definition) is 6. The minimum absolute atomic E-state index is 0.202. The fraction of sp³-hybridized carbons (Fsp3) is 0.375. The maximum absolute atomic E-state index is 12.3. The van der Waals surface area contributed by atoms with Crippen molar-refractivity contribution in [1.82, 2.24) is 31.1 Å². The Morgan fingerprint density at radius 1 is 0.562 bits per heavy atom. The van der Waals surface area contributed by atoms with Crippen molar-refractivity contribution in [3.8, 4) is 0 Å². The van der Waals surface area contributed by atoms with Gasteiger partial charge < -0.3 is 41.3 Å². The molecule has 0 bridgehead atoms. The van der Waals surface area contributed by atoms with E-state index in [2.05, 4.69) is 81.9 Å². The van der Waals surface area contributed by atoms with Gasteiger partial charge in [-0.1, -0.05) is 121 Å². The van der Waals surface area contributed by atoms with E-state index in [4.69, 9.17) is 0 Å². The van der Waals surface area contributed by atoms with Gasteiger partial charge >= 0.3 is 11.9 Å². The molecule has 5 aliphatic rings. The van der Waals surface area contributed by atoms with E-state index in [-0.39, 0.29) is 47.2 Å². The number of carboxylic acid groups (broad SMARTS) is 2. The van der Waals surface area contributed by atoms with Gasteiger partial charge in [-0.2, -0.15) is 0 Å². The van der Waals surface area contributed by atoms with Crippen molar-refractivity contribution in [2.75, 3.05) is 13.1 Å². The lowest BCUT2D eigenvalue weighted by Gasteiger charge is -2.43. The highest BCUT2D eigenvalue weighted by Gasteiger charge is 2.65. The minimum atomic E-state index is -1.01. The number of nitrogens with one attached hydrogen (secondary N) is 4. The fourth-order valence-electron chi connectivity index (χ4n) is 8.81. The zero-order valence-corrected chi connectivity index (χ0v) is 37.7. The van der Waals surface area contributed by atoms with Gasteiger partial charge in [0.25, 0.3) is 0 Å². The lowest BCUT2D eigenvalue weighted by Crippen LogP contribution is -2.70. The van der Waals surface area contributed by atoms with Crippen molar-refractivity contribution in [2.45, 2.75) is 97.0 Å². The van der Waals surface area contributed by atoms with Crippen LogP contribution in [0.5, 0.6) is 0 Å². The van der Waals surface area contributed by atoms with Gasteiger partial charge in [0, 0.05) is 34.7 Å². The topological polar surface area (TPSA) is 197 Å². The maximum atomic E-state index is 12.3. The van der Waals surface area contributed by atoms with Gasteiger partial charge in [0.2, 0.25) is 23.6 Å². The number of β-lactam (4-membered cyclic amide) rings is 2. The molecule has 336 valence electrons. The molecule has 0 spiro atoms. The maximum Gasteiger partial charge on any atom is 0.327 e. The molecule has 5 saturated heterocycles. The molecular weight excluding hydrogens is 853 g/mol. The number of carboxylic acids is 2. The Kier molecular flexibility index (Phi) is 14.2. The largest absolute Gasteiger partial charge is 0.480 e. The molecule has 14 nitrogen and oxygen atoms in total. The summed E-state index contributed by atoms with van der Waals surface area (Å²) >= 11 is 2.85. The Morgan fingerprint density at radius 3 is 1.17 bits per heavy atom. The Labute approximate surface area is 381 Å². The zero-order valence-electron chi connectivity index (χ0n) is 36.0. The highest BCUT2D eigenvalue weighted by Crippen LogP contribution is 2.52. The van der Waals surface area contributed by atoms with E-state index in [1.807, 2.05) is 88.4 Å². The van der Waals surface area contributed by atoms with Crippen LogP contribution in [0.4, 0.5) is 0 Å². The predicted octanol–water partition coefficient (Wildman–Crippen LogP) is 4.38. The Bertz CT molecular complexity index is 2150. The van der Waals surface area contributed by atoms with Crippen molar-refractivity contribution >= 4 is 59.1 Å². The first-order valence-electron chi connectivity index (χ1n) is 21.2. The molecule has 4 aromatic rings. The summed E-state index contributed by atoms with van der Waals surface area (Å²) in [5.41, 5.74) is 4.46. The molecule has 16 heteroatoms. The molecule has 5 heterocycles. The molecular formula is C48H54N6O8S2. The van der Waals surface area contributed by atoms with Gasteiger partial charge in [-0.25, -0.2) is 9.59 Å². The van der Waals surface area contributed by atoms with Crippen LogP contribution in [0.1, 0.15) is 62.0 Å². The number of aliphatic carboxylic acids is 2. The van der Waals surface area contributed by atoms with Gasteiger partial charge in [0.1, 0.15) is 34.9 Å². The lowest BCUT2D eigenvalue weighted by atomic mass is 9.96. The predicted molar refractivity (Wildman–Crippen MR) is 246 cm³/mol. The Hall–Kier alpha value is -5.68. The monoisotopic (exact) mass is 906 g/mol. The molecule has 8 unspecified atom stereocenters. The summed E-state index contributed by atoms with van der Waals surface area (Å²) in [6, 6.07) is 37.7. The highest BCUT2D eigenvalue weighted by atomic mass is 32.2. The Balaban J connectivity index is 0.000000145. The number of carbonyl (C=O) groups excluding carboxylic acids is 4. The van der Waals surface area contributed by atoms with E-state index in [0.29, 0.717) is 12.1 Å². The molecule has 6 N–H and O–H groups in total. The quantitative estimate of drug-likeness (QED) is 0.123. The SMILES string of the molecule is CC1(C)SC2C(NC(=O)Cc3ccccc3)C(=O)N2C1C(=O)O.CC1(C)SC2C(NC(=O)Cc3ccccc3)C(=O)N2C1C(=O)O.c1ccc(C2CNC(c3ccccc3)CN2)cc1. The molecule has 0 saturated carbocycles. The third kappa shape index (κ3) is 10.1. The molecule has 4 amide bonds. The third-order valence-corrected chi connectivity index (χ3v) is 15.1. The number of rotatable bonds is 10. The van der Waals surface area contributed by atoms with Crippen LogP contribution in [0.2, 0.25) is 0 Å². The first-order valence-corrected chi connectivity index (χ1v) is 23.0. The number of thioether (sulfide) groups is 2. The standard InChI is InChI=1S/2C16H18N2O4S.C16H18N2/c2*1-16(2)12(15(21)22)18-13(20)11(14(18)23-16)17-10(19)8-9-6-4-3-5-7-9;1-3-7-13(8-4-1)15-11-18-16(12-17-15)14-9-5-2-6-10-14/h2*3-7,11-12,14H,8H2,1-2H3,(H,17,19)(H,21,22);1-10,15-18H,11-12H2. The summed E-state index contributed by atoms with van der Waals surface area (Å²) in [6.07, 6.45) is 0.404. The van der Waals surface area contributed by atoms with Gasteiger partial charge in [0.15, 0.2) is 0 Å². The molecule has 64 heavy (non-hydrogen) atoms. The molecule has 8 atom stereocenters. The average molecular weight is 907 g/mol. The number of hydrogen-bond acceptors (Lipinski definition) is 10. The van der Waals surface area contributed by atoms with Crippen LogP contribution in [0.25, 0.3) is 0 Å². The van der Waals surface area contributed by atoms with Crippen LogP contribution in [-0.4, -0.2) is 113 Å². The first kappa shape index (κ1) is 46.3. The van der Waals surface area contributed by atoms with Gasteiger partial charge in [-0.15, -0.1) is 23.5 Å². The fourth-order valence-corrected chi connectivity index (χ4v) is 12.1. The van der Waals surface area contributed by atoms with Crippen LogP contribution < -0.4 is 21.3 Å². The summed E-state index contributed by atoms with van der Waals surface area (Å²) in [5, 5.41) is 30.8. The summed E-state index contributed by atoms with van der Waals surface area (Å²) in [7, 11) is 0. The second kappa shape index (κ2) is 19.6. The van der Waals surface area contributed by atoms with Crippen LogP contribution in [0, 0.1) is 0 Å². The van der Waals surface area contributed by atoms with Crippen molar-refractivity contribution in [3.63, 3.8) is 0 Å². The summed E-state index contributed by atoms with van der Waals surface area (Å²) in [4.78, 5) is 74.4. The highest BCUT2D eigenvalue weighted by molar-refractivity contribution is 8.02. The summed E-state index contributed by atoms with van der Waals surface area (Å²) < 4.78 is -1.16. The number of amides is 4. The lowest BCUT2D eigenvalue weighted by molar-refractivity contribution is -0.161. The van der Waals surface area contributed by atoms with Crippen molar-refractivity contribution in [2.24, 2.45) is 0 Å². The number of fused-ring (bicyclic) bond motifs is 2.